The zero-order valence-electron chi connectivity index (χ0n) is 13.4. The highest BCUT2D eigenvalue weighted by Crippen LogP contribution is 2.29. The fraction of sp³-hybridized carbons (Fsp3) is 0.100. The average molecular weight is 315 g/mol. The molecule has 4 rings (SSSR count). The van der Waals surface area contributed by atoms with Gasteiger partial charge in [-0.1, -0.05) is 49.4 Å². The summed E-state index contributed by atoms with van der Waals surface area (Å²) in [5.74, 6) is 0.930. The van der Waals surface area contributed by atoms with Crippen molar-refractivity contribution < 1.29 is 4.42 Å². The number of nitrogens with zero attached hydrogens (tertiary/aromatic N) is 2. The molecule has 0 bridgehead atoms. The summed E-state index contributed by atoms with van der Waals surface area (Å²) in [7, 11) is 0. The second-order valence-electron chi connectivity index (χ2n) is 5.70. The molecular weight excluding hydrogens is 298 g/mol. The molecule has 0 saturated carbocycles. The molecule has 24 heavy (non-hydrogen) atoms. The largest absolute Gasteiger partial charge is 0.454 e. The van der Waals surface area contributed by atoms with Crippen LogP contribution in [0.2, 0.25) is 0 Å². The smallest absolute Gasteiger partial charge is 0.221 e. The van der Waals surface area contributed by atoms with Crippen LogP contribution in [0.15, 0.2) is 65.1 Å². The van der Waals surface area contributed by atoms with E-state index in [9.17, 15) is 0 Å². The summed E-state index contributed by atoms with van der Waals surface area (Å²) < 4.78 is 5.89. The van der Waals surface area contributed by atoms with Crippen LogP contribution in [0.3, 0.4) is 0 Å². The van der Waals surface area contributed by atoms with Crippen molar-refractivity contribution in [3.8, 4) is 22.7 Å². The number of furan rings is 1. The van der Waals surface area contributed by atoms with E-state index in [4.69, 9.17) is 10.2 Å². The van der Waals surface area contributed by atoms with E-state index in [1.54, 1.807) is 0 Å². The predicted octanol–water partition coefficient (Wildman–Crippen LogP) is 4.70. The molecule has 2 aromatic heterocycles. The minimum atomic E-state index is 0.238. The van der Waals surface area contributed by atoms with Crippen LogP contribution in [0.1, 0.15) is 12.5 Å². The first-order valence-corrected chi connectivity index (χ1v) is 7.96. The Morgan fingerprint density at radius 3 is 2.42 bits per heavy atom. The van der Waals surface area contributed by atoms with E-state index in [0.29, 0.717) is 11.5 Å². The lowest BCUT2D eigenvalue weighted by atomic mass is 10.1. The van der Waals surface area contributed by atoms with Gasteiger partial charge in [0.1, 0.15) is 11.3 Å². The van der Waals surface area contributed by atoms with E-state index in [1.807, 2.05) is 36.4 Å². The molecule has 118 valence electrons. The van der Waals surface area contributed by atoms with Gasteiger partial charge in [0.25, 0.3) is 0 Å². The number of hydrogen-bond donors (Lipinski definition) is 1. The molecule has 0 amide bonds. The van der Waals surface area contributed by atoms with E-state index in [-0.39, 0.29) is 5.95 Å². The Kier molecular flexibility index (Phi) is 3.50. The number of benzene rings is 2. The number of nitrogen functional groups attached to an aromatic ring is 1. The van der Waals surface area contributed by atoms with E-state index in [2.05, 4.69) is 41.2 Å². The highest BCUT2D eigenvalue weighted by atomic mass is 16.3. The monoisotopic (exact) mass is 315 g/mol. The molecule has 0 fully saturated rings. The van der Waals surface area contributed by atoms with E-state index >= 15 is 0 Å². The number of aromatic nitrogens is 2. The third kappa shape index (κ3) is 2.63. The van der Waals surface area contributed by atoms with Crippen molar-refractivity contribution in [1.82, 2.24) is 9.97 Å². The Labute approximate surface area is 140 Å². The van der Waals surface area contributed by atoms with Gasteiger partial charge in [-0.15, -0.1) is 0 Å². The van der Waals surface area contributed by atoms with Crippen LogP contribution < -0.4 is 5.73 Å². The van der Waals surface area contributed by atoms with Gasteiger partial charge < -0.3 is 10.2 Å². The quantitative estimate of drug-likeness (QED) is 0.595. The number of nitrogens with two attached hydrogens (primary N) is 1. The van der Waals surface area contributed by atoms with Gasteiger partial charge >= 0.3 is 0 Å². The number of anilines is 1. The van der Waals surface area contributed by atoms with Gasteiger partial charge in [-0.3, -0.25) is 0 Å². The van der Waals surface area contributed by atoms with Crippen molar-refractivity contribution >= 4 is 16.9 Å². The predicted molar refractivity (Wildman–Crippen MR) is 96.5 cm³/mol. The highest BCUT2D eigenvalue weighted by Gasteiger charge is 2.11. The second-order valence-corrected chi connectivity index (χ2v) is 5.70. The zero-order chi connectivity index (χ0) is 16.5. The molecule has 2 aromatic carbocycles. The number of para-hydroxylation sites is 1. The lowest BCUT2D eigenvalue weighted by molar-refractivity contribution is 0.628. The number of hydrogen-bond acceptors (Lipinski definition) is 4. The van der Waals surface area contributed by atoms with Crippen LogP contribution in [0.5, 0.6) is 0 Å². The van der Waals surface area contributed by atoms with E-state index < -0.39 is 0 Å². The van der Waals surface area contributed by atoms with Gasteiger partial charge in [-0.05, 0) is 30.2 Å². The Bertz CT molecular complexity index is 970. The summed E-state index contributed by atoms with van der Waals surface area (Å²) in [6.45, 7) is 2.14. The van der Waals surface area contributed by atoms with Gasteiger partial charge in [0, 0.05) is 10.9 Å². The van der Waals surface area contributed by atoms with Crippen molar-refractivity contribution in [2.24, 2.45) is 0 Å². The van der Waals surface area contributed by atoms with Crippen LogP contribution in [-0.4, -0.2) is 9.97 Å². The molecule has 4 aromatic rings. The van der Waals surface area contributed by atoms with Crippen molar-refractivity contribution in [3.05, 3.63) is 66.2 Å². The molecule has 0 spiro atoms. The summed E-state index contributed by atoms with van der Waals surface area (Å²) in [4.78, 5) is 8.70. The molecule has 0 atom stereocenters. The summed E-state index contributed by atoms with van der Waals surface area (Å²) >= 11 is 0. The summed E-state index contributed by atoms with van der Waals surface area (Å²) in [5, 5.41) is 1.04. The zero-order valence-corrected chi connectivity index (χ0v) is 13.4. The standard InChI is InChI=1S/C20H17N3O/c1-2-13-7-9-14(10-8-13)16-12-17(23-20(21)22-16)19-11-15-5-3-4-6-18(15)24-19/h3-12H,2H2,1H3,(H2,21,22,23). The molecule has 4 heteroatoms. The summed E-state index contributed by atoms with van der Waals surface area (Å²) in [5.41, 5.74) is 10.5. The van der Waals surface area contributed by atoms with Crippen molar-refractivity contribution in [3.63, 3.8) is 0 Å². The number of aryl methyl sites for hydroxylation is 1. The fourth-order valence-electron chi connectivity index (χ4n) is 2.76. The maximum Gasteiger partial charge on any atom is 0.221 e. The average Bonchev–Trinajstić information content (AvgIpc) is 3.05. The number of rotatable bonds is 3. The molecule has 0 saturated heterocycles. The molecular formula is C20H17N3O. The second kappa shape index (κ2) is 5.81. The van der Waals surface area contributed by atoms with Gasteiger partial charge in [0.05, 0.1) is 5.69 Å². The molecule has 0 radical (unpaired) electrons. The topological polar surface area (TPSA) is 64.9 Å². The maximum absolute atomic E-state index is 5.92. The summed E-state index contributed by atoms with van der Waals surface area (Å²) in [6.07, 6.45) is 1.01. The molecule has 4 nitrogen and oxygen atoms in total. The first kappa shape index (κ1) is 14.5. The van der Waals surface area contributed by atoms with Crippen molar-refractivity contribution in [1.29, 1.82) is 0 Å². The van der Waals surface area contributed by atoms with Gasteiger partial charge in [0.15, 0.2) is 5.76 Å². The molecule has 0 unspecified atom stereocenters. The van der Waals surface area contributed by atoms with Gasteiger partial charge in [-0.2, -0.15) is 0 Å². The first-order valence-electron chi connectivity index (χ1n) is 7.96. The number of fused-ring (bicyclic) bond motifs is 1. The van der Waals surface area contributed by atoms with Crippen LogP contribution in [-0.2, 0) is 6.42 Å². The SMILES string of the molecule is CCc1ccc(-c2cc(-c3cc4ccccc4o3)nc(N)n2)cc1. The van der Waals surface area contributed by atoms with E-state index in [1.165, 1.54) is 5.56 Å². The fourth-order valence-corrected chi connectivity index (χ4v) is 2.76. The van der Waals surface area contributed by atoms with Gasteiger partial charge in [0.2, 0.25) is 5.95 Å². The third-order valence-electron chi connectivity index (χ3n) is 4.08. The molecule has 2 N–H and O–H groups in total. The van der Waals surface area contributed by atoms with Crippen LogP contribution in [0.4, 0.5) is 5.95 Å². The Hall–Kier alpha value is -3.14. The van der Waals surface area contributed by atoms with Crippen molar-refractivity contribution in [2.75, 3.05) is 5.73 Å². The molecule has 0 aliphatic carbocycles. The summed E-state index contributed by atoms with van der Waals surface area (Å²) in [6, 6.07) is 20.1. The molecule has 0 aliphatic heterocycles. The van der Waals surface area contributed by atoms with Crippen molar-refractivity contribution in [2.45, 2.75) is 13.3 Å². The van der Waals surface area contributed by atoms with Crippen LogP contribution in [0, 0.1) is 0 Å². The highest BCUT2D eigenvalue weighted by molar-refractivity contribution is 5.82. The Morgan fingerprint density at radius 1 is 0.917 bits per heavy atom. The lowest BCUT2D eigenvalue weighted by Gasteiger charge is -2.05. The van der Waals surface area contributed by atoms with Crippen LogP contribution in [0.25, 0.3) is 33.7 Å². The normalized spacial score (nSPS) is 11.0. The maximum atomic E-state index is 5.92. The van der Waals surface area contributed by atoms with E-state index in [0.717, 1.165) is 28.6 Å². The molecule has 0 aliphatic rings. The Morgan fingerprint density at radius 2 is 1.67 bits per heavy atom. The minimum absolute atomic E-state index is 0.238. The first-order chi connectivity index (χ1) is 11.7. The van der Waals surface area contributed by atoms with Crippen LogP contribution >= 0.6 is 0 Å². The Balaban J connectivity index is 1.80. The third-order valence-corrected chi connectivity index (χ3v) is 4.08. The van der Waals surface area contributed by atoms with Gasteiger partial charge in [-0.25, -0.2) is 9.97 Å². The minimum Gasteiger partial charge on any atom is -0.454 e. The molecule has 2 heterocycles. The lowest BCUT2D eigenvalue weighted by Crippen LogP contribution is -1.98.